The van der Waals surface area contributed by atoms with Crippen LogP contribution >= 0.6 is 0 Å². The molecule has 0 fully saturated rings. The van der Waals surface area contributed by atoms with Gasteiger partial charge in [0.25, 0.3) is 5.91 Å². The molecule has 0 aliphatic carbocycles. The summed E-state index contributed by atoms with van der Waals surface area (Å²) in [6, 6.07) is 0.0567. The van der Waals surface area contributed by atoms with E-state index in [1.165, 1.54) is 0 Å². The van der Waals surface area contributed by atoms with E-state index >= 15 is 0 Å². The van der Waals surface area contributed by atoms with Gasteiger partial charge in [0, 0.05) is 17.5 Å². The van der Waals surface area contributed by atoms with Crippen molar-refractivity contribution in [1.82, 2.24) is 5.32 Å². The summed E-state index contributed by atoms with van der Waals surface area (Å²) in [4.78, 5) is 11.4. The third-order valence-electron chi connectivity index (χ3n) is 1.42. The van der Waals surface area contributed by atoms with E-state index in [4.69, 9.17) is 11.1 Å². The van der Waals surface area contributed by atoms with Gasteiger partial charge in [-0.15, -0.1) is 0 Å². The molecule has 0 aromatic heterocycles. The van der Waals surface area contributed by atoms with Crippen LogP contribution in [0.5, 0.6) is 0 Å². The van der Waals surface area contributed by atoms with Gasteiger partial charge in [0.2, 0.25) is 0 Å². The first kappa shape index (κ1) is 11.7. The fourth-order valence-electron chi connectivity index (χ4n) is 0.979. The Kier molecular flexibility index (Phi) is 4.17. The van der Waals surface area contributed by atoms with E-state index in [2.05, 4.69) is 5.32 Å². The average molecular weight is 183 g/mol. The lowest BCUT2D eigenvalue weighted by Gasteiger charge is -2.11. The predicted molar refractivity (Wildman–Crippen MR) is 53.6 cm³/mol. The van der Waals surface area contributed by atoms with Crippen molar-refractivity contribution in [3.63, 3.8) is 0 Å². The van der Waals surface area contributed by atoms with Crippen molar-refractivity contribution in [3.8, 4) is 0 Å². The molecule has 4 N–H and O–H groups in total. The lowest BCUT2D eigenvalue weighted by Crippen LogP contribution is -2.34. The van der Waals surface area contributed by atoms with Crippen LogP contribution in [0.3, 0.4) is 0 Å². The summed E-state index contributed by atoms with van der Waals surface area (Å²) < 4.78 is 0. The predicted octanol–water partition coefficient (Wildman–Crippen LogP) is 0.783. The van der Waals surface area contributed by atoms with E-state index in [0.29, 0.717) is 5.70 Å². The highest BCUT2D eigenvalue weighted by atomic mass is 16.1. The van der Waals surface area contributed by atoms with Crippen LogP contribution in [0.2, 0.25) is 0 Å². The highest BCUT2D eigenvalue weighted by Gasteiger charge is 2.14. The van der Waals surface area contributed by atoms with Gasteiger partial charge in [-0.2, -0.15) is 0 Å². The van der Waals surface area contributed by atoms with E-state index < -0.39 is 0 Å². The van der Waals surface area contributed by atoms with Crippen LogP contribution in [0.25, 0.3) is 0 Å². The number of hydrogen-bond donors (Lipinski definition) is 3. The van der Waals surface area contributed by atoms with Gasteiger partial charge >= 0.3 is 0 Å². The Bertz CT molecular complexity index is 250. The minimum Gasteiger partial charge on any atom is -0.402 e. The maximum atomic E-state index is 11.4. The second-order valence-corrected chi connectivity index (χ2v) is 3.31. The van der Waals surface area contributed by atoms with E-state index in [1.54, 1.807) is 13.8 Å². The van der Waals surface area contributed by atoms with E-state index in [1.807, 2.05) is 13.8 Å². The van der Waals surface area contributed by atoms with Crippen LogP contribution in [0.1, 0.15) is 27.7 Å². The van der Waals surface area contributed by atoms with Crippen LogP contribution in [-0.4, -0.2) is 17.7 Å². The summed E-state index contributed by atoms with van der Waals surface area (Å²) in [6.45, 7) is 6.89. The molecule has 0 radical (unpaired) electrons. The first-order chi connectivity index (χ1) is 5.86. The van der Waals surface area contributed by atoms with Crippen LogP contribution in [0.4, 0.5) is 0 Å². The SMILES string of the molecule is CC(=N)/C(C(=O)NC(C)C)=C(/C)N. The number of nitrogens with two attached hydrogens (primary N) is 1. The summed E-state index contributed by atoms with van der Waals surface area (Å²) >= 11 is 0. The molecular weight excluding hydrogens is 166 g/mol. The van der Waals surface area contributed by atoms with Gasteiger partial charge in [-0.25, -0.2) is 0 Å². The molecule has 0 rings (SSSR count). The van der Waals surface area contributed by atoms with Gasteiger partial charge in [0.1, 0.15) is 0 Å². The van der Waals surface area contributed by atoms with E-state index in [9.17, 15) is 4.79 Å². The molecule has 0 aromatic carbocycles. The fourth-order valence-corrected chi connectivity index (χ4v) is 0.979. The number of nitrogens with one attached hydrogen (secondary N) is 2. The fraction of sp³-hybridized carbons (Fsp3) is 0.556. The van der Waals surface area contributed by atoms with E-state index in [-0.39, 0.29) is 23.2 Å². The summed E-state index contributed by atoms with van der Waals surface area (Å²) in [7, 11) is 0. The quantitative estimate of drug-likeness (QED) is 0.446. The molecule has 4 heteroatoms. The topological polar surface area (TPSA) is 79.0 Å². The molecule has 0 aliphatic rings. The number of carbonyl (C=O) groups excluding carboxylic acids is 1. The Labute approximate surface area is 78.7 Å². The van der Waals surface area contributed by atoms with Crippen LogP contribution in [0.15, 0.2) is 11.3 Å². The lowest BCUT2D eigenvalue weighted by molar-refractivity contribution is -0.117. The molecule has 0 aromatic rings. The summed E-state index contributed by atoms with van der Waals surface area (Å²) in [6.07, 6.45) is 0. The molecule has 0 saturated carbocycles. The molecule has 0 saturated heterocycles. The molecule has 0 spiro atoms. The lowest BCUT2D eigenvalue weighted by atomic mass is 10.1. The smallest absolute Gasteiger partial charge is 0.255 e. The van der Waals surface area contributed by atoms with Gasteiger partial charge in [-0.3, -0.25) is 4.79 Å². The van der Waals surface area contributed by atoms with Gasteiger partial charge in [0.05, 0.1) is 5.57 Å². The Balaban J connectivity index is 4.70. The Morgan fingerprint density at radius 3 is 2.08 bits per heavy atom. The molecule has 74 valence electrons. The molecule has 0 heterocycles. The van der Waals surface area contributed by atoms with Crippen LogP contribution in [0, 0.1) is 5.41 Å². The monoisotopic (exact) mass is 183 g/mol. The highest BCUT2D eigenvalue weighted by Crippen LogP contribution is 2.01. The van der Waals surface area contributed by atoms with Crippen molar-refractivity contribution in [2.45, 2.75) is 33.7 Å². The number of hydrogen-bond acceptors (Lipinski definition) is 3. The minimum absolute atomic E-state index is 0.0567. The molecule has 13 heavy (non-hydrogen) atoms. The van der Waals surface area contributed by atoms with Crippen LogP contribution < -0.4 is 11.1 Å². The molecular formula is C9H17N3O. The van der Waals surface area contributed by atoms with Gasteiger partial charge in [-0.1, -0.05) is 0 Å². The summed E-state index contributed by atoms with van der Waals surface area (Å²) in [5, 5.41) is 10.0. The first-order valence-electron chi connectivity index (χ1n) is 4.19. The average Bonchev–Trinajstić information content (AvgIpc) is 1.81. The third-order valence-corrected chi connectivity index (χ3v) is 1.42. The standard InChI is InChI=1S/C9H17N3O/c1-5(2)12-9(13)8(6(3)10)7(4)11/h5,10H,11H2,1-4H3,(H,12,13)/b8-7+,10-6?. The van der Waals surface area contributed by atoms with Crippen molar-refractivity contribution in [2.75, 3.05) is 0 Å². The normalized spacial score (nSPS) is 12.4. The largest absolute Gasteiger partial charge is 0.402 e. The van der Waals surface area contributed by atoms with Crippen molar-refractivity contribution >= 4 is 11.6 Å². The number of carbonyl (C=O) groups is 1. The Morgan fingerprint density at radius 2 is 1.85 bits per heavy atom. The first-order valence-corrected chi connectivity index (χ1v) is 4.19. The number of rotatable bonds is 3. The van der Waals surface area contributed by atoms with Gasteiger partial charge in [-0.05, 0) is 27.7 Å². The molecule has 0 atom stereocenters. The zero-order valence-electron chi connectivity index (χ0n) is 8.56. The van der Waals surface area contributed by atoms with Gasteiger partial charge in [0.15, 0.2) is 0 Å². The minimum atomic E-state index is -0.275. The third kappa shape index (κ3) is 3.73. The zero-order chi connectivity index (χ0) is 10.6. The number of allylic oxidation sites excluding steroid dienone is 1. The maximum absolute atomic E-state index is 11.4. The Hall–Kier alpha value is -1.32. The highest BCUT2D eigenvalue weighted by molar-refractivity contribution is 6.20. The van der Waals surface area contributed by atoms with Crippen molar-refractivity contribution < 1.29 is 4.79 Å². The summed E-state index contributed by atoms with van der Waals surface area (Å²) in [5.41, 5.74) is 6.34. The maximum Gasteiger partial charge on any atom is 0.255 e. The molecule has 4 nitrogen and oxygen atoms in total. The Morgan fingerprint density at radius 1 is 1.38 bits per heavy atom. The zero-order valence-corrected chi connectivity index (χ0v) is 8.56. The summed E-state index contributed by atoms with van der Waals surface area (Å²) in [5.74, 6) is -0.275. The van der Waals surface area contributed by atoms with Crippen LogP contribution in [-0.2, 0) is 4.79 Å². The van der Waals surface area contributed by atoms with Crippen molar-refractivity contribution in [1.29, 1.82) is 5.41 Å². The molecule has 0 bridgehead atoms. The number of amides is 1. The molecule has 0 unspecified atom stereocenters. The second kappa shape index (κ2) is 4.64. The van der Waals surface area contributed by atoms with Crippen molar-refractivity contribution in [3.05, 3.63) is 11.3 Å². The molecule has 1 amide bonds. The van der Waals surface area contributed by atoms with E-state index in [0.717, 1.165) is 0 Å². The van der Waals surface area contributed by atoms with Crippen molar-refractivity contribution in [2.24, 2.45) is 5.73 Å². The van der Waals surface area contributed by atoms with Gasteiger partial charge < -0.3 is 16.5 Å². The second-order valence-electron chi connectivity index (χ2n) is 3.31. The molecule has 0 aliphatic heterocycles.